The Morgan fingerprint density at radius 1 is 1.34 bits per heavy atom. The fraction of sp³-hybridized carbons (Fsp3) is 0.316. The number of ether oxygens (including phenoxy) is 1. The van der Waals surface area contributed by atoms with Crippen molar-refractivity contribution in [2.45, 2.75) is 32.4 Å². The van der Waals surface area contributed by atoms with E-state index >= 15 is 0 Å². The van der Waals surface area contributed by atoms with Crippen molar-refractivity contribution in [2.75, 3.05) is 5.32 Å². The molecule has 150 valence electrons. The van der Waals surface area contributed by atoms with Crippen molar-refractivity contribution in [3.8, 4) is 5.88 Å². The molecule has 1 fully saturated rings. The summed E-state index contributed by atoms with van der Waals surface area (Å²) in [5.41, 5.74) is -0.419. The molecule has 1 aromatic carbocycles. The first-order valence-electron chi connectivity index (χ1n) is 9.09. The number of nitrogens with one attached hydrogen (secondary N) is 1. The molecule has 1 aliphatic rings. The molecule has 10 heteroatoms. The van der Waals surface area contributed by atoms with E-state index in [1.165, 1.54) is 0 Å². The van der Waals surface area contributed by atoms with Gasteiger partial charge in [0.1, 0.15) is 12.6 Å². The maximum Gasteiger partial charge on any atom is 0.275 e. The minimum absolute atomic E-state index is 0.0575. The summed E-state index contributed by atoms with van der Waals surface area (Å²) in [5.74, 6) is -0.458. The first-order chi connectivity index (χ1) is 13.9. The number of rotatable bonds is 6. The summed E-state index contributed by atoms with van der Waals surface area (Å²) < 4.78 is 20.8. The SMILES string of the molecule is CC[C@@H]1C[C@H]1Oc1nn(CC(=O)Nc2ncc(F)cn2)c(=O)c2ccc(Br)cc12. The molecule has 3 aromatic rings. The van der Waals surface area contributed by atoms with Gasteiger partial charge < -0.3 is 4.74 Å². The second-order valence-electron chi connectivity index (χ2n) is 6.79. The molecule has 4 rings (SSSR count). The monoisotopic (exact) mass is 461 g/mol. The Hall–Kier alpha value is -2.88. The number of aromatic nitrogens is 4. The van der Waals surface area contributed by atoms with Crippen LogP contribution in [0.2, 0.25) is 0 Å². The quantitative estimate of drug-likeness (QED) is 0.605. The molecule has 1 N–H and O–H groups in total. The molecule has 2 heterocycles. The number of fused-ring (bicyclic) bond motifs is 1. The molecule has 2 aromatic heterocycles. The molecule has 0 aliphatic heterocycles. The number of halogens is 2. The maximum absolute atomic E-state index is 12.9. The van der Waals surface area contributed by atoms with E-state index in [1.807, 2.05) is 0 Å². The largest absolute Gasteiger partial charge is 0.473 e. The van der Waals surface area contributed by atoms with Crippen molar-refractivity contribution in [3.63, 3.8) is 0 Å². The number of hydrogen-bond donors (Lipinski definition) is 1. The number of benzene rings is 1. The zero-order valence-corrected chi connectivity index (χ0v) is 17.0. The fourth-order valence-electron chi connectivity index (χ4n) is 3.04. The lowest BCUT2D eigenvalue weighted by Crippen LogP contribution is -2.30. The normalized spacial score (nSPS) is 17.9. The highest BCUT2D eigenvalue weighted by Crippen LogP contribution is 2.38. The van der Waals surface area contributed by atoms with E-state index in [2.05, 4.69) is 43.2 Å². The van der Waals surface area contributed by atoms with Crippen LogP contribution in [0.15, 0.2) is 39.9 Å². The van der Waals surface area contributed by atoms with Gasteiger partial charge in [-0.3, -0.25) is 14.9 Å². The van der Waals surface area contributed by atoms with Crippen molar-refractivity contribution in [3.05, 3.63) is 51.2 Å². The van der Waals surface area contributed by atoms with Crippen LogP contribution in [0.25, 0.3) is 10.8 Å². The van der Waals surface area contributed by atoms with Gasteiger partial charge in [-0.25, -0.2) is 19.0 Å². The van der Waals surface area contributed by atoms with Gasteiger partial charge in [-0.2, -0.15) is 0 Å². The zero-order valence-electron chi connectivity index (χ0n) is 15.4. The van der Waals surface area contributed by atoms with Crippen LogP contribution < -0.4 is 15.6 Å². The fourth-order valence-corrected chi connectivity index (χ4v) is 3.40. The van der Waals surface area contributed by atoms with Crippen LogP contribution in [-0.4, -0.2) is 31.8 Å². The van der Waals surface area contributed by atoms with E-state index in [1.54, 1.807) is 18.2 Å². The van der Waals surface area contributed by atoms with Crippen LogP contribution in [0.3, 0.4) is 0 Å². The van der Waals surface area contributed by atoms with Gasteiger partial charge in [0, 0.05) is 4.47 Å². The molecule has 0 bridgehead atoms. The second kappa shape index (κ2) is 7.86. The summed E-state index contributed by atoms with van der Waals surface area (Å²) in [5, 5.41) is 7.69. The Morgan fingerprint density at radius 3 is 2.79 bits per heavy atom. The molecule has 29 heavy (non-hydrogen) atoms. The molecular weight excluding hydrogens is 445 g/mol. The Labute approximate surface area is 173 Å². The van der Waals surface area contributed by atoms with Gasteiger partial charge >= 0.3 is 0 Å². The number of carbonyl (C=O) groups is 1. The van der Waals surface area contributed by atoms with Crippen molar-refractivity contribution in [2.24, 2.45) is 5.92 Å². The maximum atomic E-state index is 12.9. The molecule has 1 saturated carbocycles. The van der Waals surface area contributed by atoms with E-state index in [4.69, 9.17) is 4.74 Å². The third-order valence-corrected chi connectivity index (χ3v) is 5.19. The smallest absolute Gasteiger partial charge is 0.275 e. The molecule has 1 aliphatic carbocycles. The van der Waals surface area contributed by atoms with E-state index in [9.17, 15) is 14.0 Å². The highest BCUT2D eigenvalue weighted by Gasteiger charge is 2.38. The lowest BCUT2D eigenvalue weighted by molar-refractivity contribution is -0.117. The summed E-state index contributed by atoms with van der Waals surface area (Å²) in [6, 6.07) is 5.19. The average molecular weight is 462 g/mol. The minimum atomic E-state index is -0.617. The molecule has 1 amide bonds. The highest BCUT2D eigenvalue weighted by atomic mass is 79.9. The summed E-state index contributed by atoms with van der Waals surface area (Å²) in [6.07, 6.45) is 3.88. The number of hydrogen-bond acceptors (Lipinski definition) is 6. The molecule has 0 unspecified atom stereocenters. The molecule has 2 atom stereocenters. The molecular formula is C19H17BrFN5O3. The average Bonchev–Trinajstić information content (AvgIpc) is 3.45. The van der Waals surface area contributed by atoms with Crippen molar-refractivity contribution >= 4 is 38.6 Å². The number of carbonyl (C=O) groups excluding carboxylic acids is 1. The Morgan fingerprint density at radius 2 is 2.10 bits per heavy atom. The van der Waals surface area contributed by atoms with Crippen LogP contribution in [0.4, 0.5) is 10.3 Å². The van der Waals surface area contributed by atoms with Gasteiger partial charge in [-0.05, 0) is 37.0 Å². The third-order valence-electron chi connectivity index (χ3n) is 4.70. The van der Waals surface area contributed by atoms with Crippen molar-refractivity contribution in [1.29, 1.82) is 0 Å². The lowest BCUT2D eigenvalue weighted by Gasteiger charge is -2.12. The second-order valence-corrected chi connectivity index (χ2v) is 7.71. The predicted octanol–water partition coefficient (Wildman–Crippen LogP) is 2.90. The van der Waals surface area contributed by atoms with Crippen LogP contribution in [0.5, 0.6) is 5.88 Å². The molecule has 0 saturated heterocycles. The van der Waals surface area contributed by atoms with Crippen LogP contribution in [-0.2, 0) is 11.3 Å². The first kappa shape index (κ1) is 19.4. The van der Waals surface area contributed by atoms with Gasteiger partial charge in [0.05, 0.1) is 23.2 Å². The zero-order chi connectivity index (χ0) is 20.5. The molecule has 0 spiro atoms. The van der Waals surface area contributed by atoms with Crippen molar-refractivity contribution < 1.29 is 13.9 Å². The van der Waals surface area contributed by atoms with E-state index in [-0.39, 0.29) is 18.6 Å². The van der Waals surface area contributed by atoms with Crippen LogP contribution >= 0.6 is 15.9 Å². The van der Waals surface area contributed by atoms with Gasteiger partial charge in [-0.15, -0.1) is 5.10 Å². The Kier molecular flexibility index (Phi) is 5.27. The minimum Gasteiger partial charge on any atom is -0.473 e. The van der Waals surface area contributed by atoms with Gasteiger partial charge in [-0.1, -0.05) is 22.9 Å². The van der Waals surface area contributed by atoms with Crippen LogP contribution in [0.1, 0.15) is 19.8 Å². The standard InChI is InChI=1S/C19H17BrFN5O3/c1-2-10-5-15(10)29-17-14-6-11(20)3-4-13(14)18(28)26(25-17)9-16(27)24-19-22-7-12(21)8-23-19/h3-4,6-8,10,15H,2,5,9H2,1H3,(H,22,23,24,27)/t10-,15-/m1/s1. The highest BCUT2D eigenvalue weighted by molar-refractivity contribution is 9.10. The van der Waals surface area contributed by atoms with E-state index in [0.717, 1.165) is 34.4 Å². The van der Waals surface area contributed by atoms with Gasteiger partial charge in [0.2, 0.25) is 17.7 Å². The summed E-state index contributed by atoms with van der Waals surface area (Å²) in [6.45, 7) is 1.74. The first-order valence-corrected chi connectivity index (χ1v) is 9.88. The van der Waals surface area contributed by atoms with Gasteiger partial charge in [0.15, 0.2) is 5.82 Å². The Bertz CT molecular complexity index is 1140. The van der Waals surface area contributed by atoms with E-state index in [0.29, 0.717) is 22.6 Å². The van der Waals surface area contributed by atoms with Crippen LogP contribution in [0, 0.1) is 11.7 Å². The summed E-state index contributed by atoms with van der Waals surface area (Å²) >= 11 is 3.40. The topological polar surface area (TPSA) is 99.0 Å². The van der Waals surface area contributed by atoms with E-state index < -0.39 is 17.3 Å². The van der Waals surface area contributed by atoms with Gasteiger partial charge in [0.25, 0.3) is 5.56 Å². The number of anilines is 1. The third kappa shape index (κ3) is 4.26. The summed E-state index contributed by atoms with van der Waals surface area (Å²) in [4.78, 5) is 32.5. The number of nitrogens with zero attached hydrogens (tertiary/aromatic N) is 4. The summed E-state index contributed by atoms with van der Waals surface area (Å²) in [7, 11) is 0. The Balaban J connectivity index is 1.63. The number of amides is 1. The predicted molar refractivity (Wildman–Crippen MR) is 107 cm³/mol. The molecule has 8 nitrogen and oxygen atoms in total. The molecule has 0 radical (unpaired) electrons. The van der Waals surface area contributed by atoms with Crippen molar-refractivity contribution in [1.82, 2.24) is 19.7 Å². The lowest BCUT2D eigenvalue weighted by atomic mass is 10.2.